The molecule has 0 saturated carbocycles. The number of amides is 2. The Labute approximate surface area is 185 Å². The molecule has 0 aliphatic carbocycles. The lowest BCUT2D eigenvalue weighted by molar-refractivity contribution is -0.151. The van der Waals surface area contributed by atoms with Crippen LogP contribution in [-0.2, 0) is 25.2 Å². The summed E-state index contributed by atoms with van der Waals surface area (Å²) in [6, 6.07) is 7.67. The van der Waals surface area contributed by atoms with Gasteiger partial charge in [0.2, 0.25) is 0 Å². The van der Waals surface area contributed by atoms with Crippen molar-refractivity contribution in [3.8, 4) is 5.75 Å². The fraction of sp³-hybridized carbons (Fsp3) is 0.450. The molecule has 1 saturated heterocycles. The molecule has 2 aliphatic rings. The van der Waals surface area contributed by atoms with E-state index < -0.39 is 50.7 Å². The van der Waals surface area contributed by atoms with E-state index in [-0.39, 0.29) is 17.6 Å². The summed E-state index contributed by atoms with van der Waals surface area (Å²) in [5.41, 5.74) is -0.257. The monoisotopic (exact) mass is 498 g/mol. The molecule has 0 aromatic heterocycles. The van der Waals surface area contributed by atoms with Crippen molar-refractivity contribution in [1.82, 2.24) is 10.2 Å². The van der Waals surface area contributed by atoms with Crippen molar-refractivity contribution in [1.29, 1.82) is 0 Å². The fourth-order valence-corrected chi connectivity index (χ4v) is 6.88. The summed E-state index contributed by atoms with van der Waals surface area (Å²) in [6.45, 7) is 5.30. The van der Waals surface area contributed by atoms with Gasteiger partial charge in [0.25, 0.3) is 11.8 Å². The van der Waals surface area contributed by atoms with E-state index >= 15 is 0 Å². The topological polar surface area (TPSA) is 113 Å². The number of halogens is 1. The fourth-order valence-electron chi connectivity index (χ4n) is 3.76. The summed E-state index contributed by atoms with van der Waals surface area (Å²) < 4.78 is 18.8. The second kappa shape index (κ2) is 8.50. The van der Waals surface area contributed by atoms with Crippen LogP contribution in [0.1, 0.15) is 20.8 Å². The van der Waals surface area contributed by atoms with Gasteiger partial charge >= 0.3 is 5.97 Å². The van der Waals surface area contributed by atoms with Gasteiger partial charge in [0, 0.05) is 5.33 Å². The number of hydrogen-bond acceptors (Lipinski definition) is 5. The van der Waals surface area contributed by atoms with Gasteiger partial charge in [0.1, 0.15) is 22.9 Å². The Morgan fingerprint density at radius 3 is 2.43 bits per heavy atom. The number of carboxylic acids is 1. The second-order valence-electron chi connectivity index (χ2n) is 8.13. The second-order valence-corrected chi connectivity index (χ2v) is 10.3. The third kappa shape index (κ3) is 4.02. The van der Waals surface area contributed by atoms with Crippen molar-refractivity contribution in [2.24, 2.45) is 5.41 Å². The normalized spacial score (nSPS) is 26.0. The minimum Gasteiger partial charge on any atom is -0.484 e. The standard InChI is InChI=1S/C20H23BrN2O6S/c1-20(2,3)16-12(9-21)15(19(26)27)23-17(25)14(18(23)30(16)28)22-13(24)10-29-11-7-5-4-6-8-11/h4-8,14,16,18H,9-10H2,1-3H3,(H,22,24)(H,26,27)/t14?,16?,18-,30?/m1/s1. The van der Waals surface area contributed by atoms with Gasteiger partial charge in [-0.15, -0.1) is 0 Å². The first-order chi connectivity index (χ1) is 14.1. The first-order valence-corrected chi connectivity index (χ1v) is 11.7. The molecule has 2 aliphatic heterocycles. The molecule has 1 aromatic carbocycles. The van der Waals surface area contributed by atoms with E-state index in [1.807, 2.05) is 26.8 Å². The Kier molecular flexibility index (Phi) is 6.37. The Morgan fingerprint density at radius 1 is 1.27 bits per heavy atom. The summed E-state index contributed by atoms with van der Waals surface area (Å²) in [5.74, 6) is -1.90. The average molecular weight is 499 g/mol. The third-order valence-corrected chi connectivity index (χ3v) is 7.96. The van der Waals surface area contributed by atoms with E-state index in [0.29, 0.717) is 11.3 Å². The van der Waals surface area contributed by atoms with Crippen LogP contribution in [0.2, 0.25) is 0 Å². The Morgan fingerprint density at radius 2 is 1.90 bits per heavy atom. The lowest BCUT2D eigenvalue weighted by Gasteiger charge is -2.52. The predicted octanol–water partition coefficient (Wildman–Crippen LogP) is 1.63. The first kappa shape index (κ1) is 22.5. The number of nitrogens with one attached hydrogen (secondary N) is 1. The number of carboxylic acid groups (broad SMARTS) is 1. The van der Waals surface area contributed by atoms with Crippen molar-refractivity contribution in [3.63, 3.8) is 0 Å². The van der Waals surface area contributed by atoms with Crippen LogP contribution in [0.5, 0.6) is 5.75 Å². The maximum Gasteiger partial charge on any atom is 0.352 e. The number of ether oxygens (including phenoxy) is 1. The molecule has 2 N–H and O–H groups in total. The predicted molar refractivity (Wildman–Crippen MR) is 114 cm³/mol. The highest BCUT2D eigenvalue weighted by molar-refractivity contribution is 9.09. The molecular formula is C20H23BrN2O6S. The molecule has 8 nitrogen and oxygen atoms in total. The van der Waals surface area contributed by atoms with Crippen LogP contribution in [0.3, 0.4) is 0 Å². The SMILES string of the molecule is CC(C)(C)C1C(CBr)=C(C(=O)O)N2C(=O)C(NC(=O)COc3ccccc3)[C@H]2S1=O. The summed E-state index contributed by atoms with van der Waals surface area (Å²) in [4.78, 5) is 38.0. The first-order valence-electron chi connectivity index (χ1n) is 9.30. The van der Waals surface area contributed by atoms with E-state index in [0.717, 1.165) is 4.90 Å². The molecule has 0 bridgehead atoms. The molecule has 1 fully saturated rings. The van der Waals surface area contributed by atoms with Gasteiger partial charge in [-0.25, -0.2) is 4.79 Å². The number of fused-ring (bicyclic) bond motifs is 1. The molecule has 30 heavy (non-hydrogen) atoms. The molecule has 3 rings (SSSR count). The highest BCUT2D eigenvalue weighted by atomic mass is 79.9. The van der Waals surface area contributed by atoms with Crippen LogP contribution >= 0.6 is 15.9 Å². The molecule has 0 radical (unpaired) electrons. The van der Waals surface area contributed by atoms with E-state index in [2.05, 4.69) is 21.2 Å². The summed E-state index contributed by atoms with van der Waals surface area (Å²) >= 11 is 3.29. The van der Waals surface area contributed by atoms with Crippen LogP contribution in [0.25, 0.3) is 0 Å². The van der Waals surface area contributed by atoms with Crippen LogP contribution in [0.4, 0.5) is 0 Å². The van der Waals surface area contributed by atoms with E-state index in [4.69, 9.17) is 4.74 Å². The number of alkyl halides is 1. The van der Waals surface area contributed by atoms with Gasteiger partial charge in [0.05, 0.1) is 16.0 Å². The van der Waals surface area contributed by atoms with Gasteiger partial charge < -0.3 is 15.2 Å². The van der Waals surface area contributed by atoms with Crippen LogP contribution in [0.15, 0.2) is 41.6 Å². The van der Waals surface area contributed by atoms with Crippen LogP contribution in [0, 0.1) is 5.41 Å². The Bertz CT molecular complexity index is 927. The quantitative estimate of drug-likeness (QED) is 0.455. The van der Waals surface area contributed by atoms with E-state index in [1.165, 1.54) is 0 Å². The van der Waals surface area contributed by atoms with Crippen molar-refractivity contribution >= 4 is 44.5 Å². The van der Waals surface area contributed by atoms with Crippen LogP contribution in [-0.4, -0.2) is 60.6 Å². The molecule has 0 spiro atoms. The smallest absolute Gasteiger partial charge is 0.352 e. The van der Waals surface area contributed by atoms with Crippen LogP contribution < -0.4 is 10.1 Å². The minimum atomic E-state index is -1.61. The number of aliphatic carboxylic acids is 1. The Hall–Kier alpha value is -2.20. The maximum atomic E-state index is 13.4. The zero-order valence-corrected chi connectivity index (χ0v) is 19.2. The number of hydrogen-bond donors (Lipinski definition) is 2. The number of β-lactam (4-membered cyclic amide) rings is 1. The molecular weight excluding hydrogens is 476 g/mol. The van der Waals surface area contributed by atoms with Gasteiger partial charge in [-0.2, -0.15) is 0 Å². The number of rotatable bonds is 6. The van der Waals surface area contributed by atoms with Gasteiger partial charge in [-0.05, 0) is 23.1 Å². The van der Waals surface area contributed by atoms with E-state index in [1.54, 1.807) is 24.3 Å². The van der Waals surface area contributed by atoms with Crippen molar-refractivity contribution in [2.75, 3.05) is 11.9 Å². The van der Waals surface area contributed by atoms with Crippen molar-refractivity contribution in [2.45, 2.75) is 37.4 Å². The largest absolute Gasteiger partial charge is 0.484 e. The molecule has 3 unspecified atom stereocenters. The maximum absolute atomic E-state index is 13.4. The van der Waals surface area contributed by atoms with Gasteiger partial charge in [0.15, 0.2) is 6.61 Å². The molecule has 4 atom stereocenters. The number of carbonyl (C=O) groups is 3. The summed E-state index contributed by atoms with van der Waals surface area (Å²) in [5, 5.41) is 11.0. The summed E-state index contributed by atoms with van der Waals surface area (Å²) in [7, 11) is -1.61. The minimum absolute atomic E-state index is 0.160. The van der Waals surface area contributed by atoms with Gasteiger partial charge in [-0.1, -0.05) is 54.9 Å². The lowest BCUT2D eigenvalue weighted by atomic mass is 9.85. The molecule has 10 heteroatoms. The lowest BCUT2D eigenvalue weighted by Crippen LogP contribution is -2.75. The van der Waals surface area contributed by atoms with Gasteiger partial charge in [-0.3, -0.25) is 18.7 Å². The Balaban J connectivity index is 1.82. The van der Waals surface area contributed by atoms with Crippen molar-refractivity contribution in [3.05, 3.63) is 41.6 Å². The zero-order valence-electron chi connectivity index (χ0n) is 16.8. The highest BCUT2D eigenvalue weighted by Gasteiger charge is 2.60. The molecule has 162 valence electrons. The number of nitrogens with zero attached hydrogens (tertiary/aromatic N) is 1. The molecule has 2 heterocycles. The third-order valence-electron chi connectivity index (χ3n) is 4.94. The average Bonchev–Trinajstić information content (AvgIpc) is 2.68. The zero-order chi connectivity index (χ0) is 22.2. The number of para-hydroxylation sites is 1. The van der Waals surface area contributed by atoms with Crippen molar-refractivity contribution < 1.29 is 28.4 Å². The summed E-state index contributed by atoms with van der Waals surface area (Å²) in [6.07, 6.45) is 0. The highest BCUT2D eigenvalue weighted by Crippen LogP contribution is 2.44. The number of carbonyl (C=O) groups excluding carboxylic acids is 2. The number of benzene rings is 1. The van der Waals surface area contributed by atoms with E-state index in [9.17, 15) is 23.7 Å². The molecule has 1 aromatic rings. The molecule has 2 amide bonds.